The molecule has 10 heteroatoms. The Morgan fingerprint density at radius 3 is 2.72 bits per heavy atom. The molecule has 2 aliphatic heterocycles. The highest BCUT2D eigenvalue weighted by Gasteiger charge is 2.35. The minimum Gasteiger partial charge on any atom is -0.495 e. The molecule has 1 N–H and O–H groups in total. The number of methoxy groups -OCH3 is 1. The van der Waals surface area contributed by atoms with Crippen molar-refractivity contribution in [1.82, 2.24) is 9.62 Å². The fourth-order valence-corrected chi connectivity index (χ4v) is 7.51. The lowest BCUT2D eigenvalue weighted by Crippen LogP contribution is -2.48. The molecule has 1 aromatic heterocycles. The van der Waals surface area contributed by atoms with Crippen molar-refractivity contribution < 1.29 is 17.9 Å². The Morgan fingerprint density at radius 1 is 1.19 bits per heavy atom. The molecular formula is C22H28ClN3O4S2. The Hall–Kier alpha value is -1.81. The monoisotopic (exact) mass is 497 g/mol. The van der Waals surface area contributed by atoms with Gasteiger partial charge in [-0.1, -0.05) is 11.6 Å². The van der Waals surface area contributed by atoms with Crippen LogP contribution in [0.15, 0.2) is 34.5 Å². The molecule has 2 saturated heterocycles. The molecule has 0 spiro atoms. The van der Waals surface area contributed by atoms with Crippen LogP contribution in [0.5, 0.6) is 5.75 Å². The lowest BCUT2D eigenvalue weighted by atomic mass is 9.98. The zero-order valence-electron chi connectivity index (χ0n) is 18.2. The zero-order chi connectivity index (χ0) is 22.9. The molecule has 2 atom stereocenters. The number of thiophene rings is 1. The van der Waals surface area contributed by atoms with Crippen molar-refractivity contribution in [2.75, 3.05) is 38.2 Å². The van der Waals surface area contributed by atoms with Gasteiger partial charge >= 0.3 is 0 Å². The molecule has 174 valence electrons. The zero-order valence-corrected chi connectivity index (χ0v) is 20.6. The van der Waals surface area contributed by atoms with Crippen LogP contribution in [0, 0.1) is 12.8 Å². The summed E-state index contributed by atoms with van der Waals surface area (Å²) in [5, 5.41) is 3.78. The highest BCUT2D eigenvalue weighted by atomic mass is 35.5. The van der Waals surface area contributed by atoms with Gasteiger partial charge in [-0.3, -0.25) is 4.79 Å². The van der Waals surface area contributed by atoms with E-state index in [0.717, 1.165) is 29.3 Å². The maximum atomic E-state index is 13.0. The van der Waals surface area contributed by atoms with Crippen molar-refractivity contribution in [3.05, 3.63) is 40.2 Å². The van der Waals surface area contributed by atoms with Crippen molar-refractivity contribution in [3.8, 4) is 5.75 Å². The van der Waals surface area contributed by atoms with Gasteiger partial charge in [0.05, 0.1) is 18.7 Å². The maximum absolute atomic E-state index is 13.0. The number of carbonyl (C=O) groups excluding carboxylic acids is 1. The molecule has 0 saturated carbocycles. The first-order chi connectivity index (χ1) is 15.3. The number of halogens is 1. The third-order valence-corrected chi connectivity index (χ3v) is 9.65. The second-order valence-electron chi connectivity index (χ2n) is 8.32. The molecular weight excluding hydrogens is 470 g/mol. The Bertz CT molecular complexity index is 1090. The van der Waals surface area contributed by atoms with Crippen LogP contribution in [0.3, 0.4) is 0 Å². The standard InChI is InChI=1S/C22H28ClN3O4S2/c1-15-5-8-21(31-15)32(28,29)26-10-3-4-16(13-26)22(27)24-18-9-11-25(14-18)19-12-17(23)6-7-20(19)30-2/h5-8,12,16,18H,3-4,9-11,13-14H2,1-2H3,(H,24,27). The number of nitrogens with zero attached hydrogens (tertiary/aromatic N) is 2. The lowest BCUT2D eigenvalue weighted by molar-refractivity contribution is -0.126. The molecule has 3 heterocycles. The number of aryl methyl sites for hydroxylation is 1. The van der Waals surface area contributed by atoms with Gasteiger partial charge in [0.1, 0.15) is 9.96 Å². The van der Waals surface area contributed by atoms with Gasteiger partial charge < -0.3 is 15.0 Å². The predicted octanol–water partition coefficient (Wildman–Crippen LogP) is 3.51. The van der Waals surface area contributed by atoms with Crippen LogP contribution in [0.1, 0.15) is 24.1 Å². The fourth-order valence-electron chi connectivity index (χ4n) is 4.38. The summed E-state index contributed by atoms with van der Waals surface area (Å²) in [6.07, 6.45) is 2.18. The maximum Gasteiger partial charge on any atom is 0.252 e. The van der Waals surface area contributed by atoms with Crippen molar-refractivity contribution in [3.63, 3.8) is 0 Å². The number of nitrogens with one attached hydrogen (secondary N) is 1. The number of sulfonamides is 1. The summed E-state index contributed by atoms with van der Waals surface area (Å²) in [5.41, 5.74) is 0.915. The summed E-state index contributed by atoms with van der Waals surface area (Å²) in [6, 6.07) is 8.97. The Balaban J connectivity index is 1.38. The lowest BCUT2D eigenvalue weighted by Gasteiger charge is -2.31. The largest absolute Gasteiger partial charge is 0.495 e. The number of piperidine rings is 1. The topological polar surface area (TPSA) is 79.0 Å². The van der Waals surface area contributed by atoms with E-state index in [0.29, 0.717) is 35.2 Å². The molecule has 2 aromatic rings. The highest BCUT2D eigenvalue weighted by molar-refractivity contribution is 7.91. The molecule has 2 unspecified atom stereocenters. The van der Waals surface area contributed by atoms with E-state index in [9.17, 15) is 13.2 Å². The molecule has 0 bridgehead atoms. The summed E-state index contributed by atoms with van der Waals surface area (Å²) < 4.78 is 33.2. The van der Waals surface area contributed by atoms with Gasteiger partial charge in [-0.2, -0.15) is 4.31 Å². The molecule has 1 amide bonds. The number of anilines is 1. The molecule has 0 radical (unpaired) electrons. The molecule has 2 aliphatic rings. The molecule has 2 fully saturated rings. The molecule has 7 nitrogen and oxygen atoms in total. The Morgan fingerprint density at radius 2 is 2.00 bits per heavy atom. The minimum absolute atomic E-state index is 0.00174. The molecule has 1 aromatic carbocycles. The van der Waals surface area contributed by atoms with Crippen LogP contribution in [-0.2, 0) is 14.8 Å². The van der Waals surface area contributed by atoms with Crippen molar-refractivity contribution in [2.45, 2.75) is 36.4 Å². The first kappa shape index (κ1) is 23.4. The minimum atomic E-state index is -3.55. The first-order valence-electron chi connectivity index (χ1n) is 10.7. The van der Waals surface area contributed by atoms with Crippen LogP contribution >= 0.6 is 22.9 Å². The third kappa shape index (κ3) is 4.90. The summed E-state index contributed by atoms with van der Waals surface area (Å²) in [4.78, 5) is 16.1. The number of rotatable bonds is 6. The average molecular weight is 498 g/mol. The highest BCUT2D eigenvalue weighted by Crippen LogP contribution is 2.34. The van der Waals surface area contributed by atoms with Gasteiger partial charge in [0.15, 0.2) is 0 Å². The van der Waals surface area contributed by atoms with Crippen LogP contribution < -0.4 is 15.0 Å². The normalized spacial score (nSPS) is 22.2. The summed E-state index contributed by atoms with van der Waals surface area (Å²) in [7, 11) is -1.93. The van der Waals surface area contributed by atoms with E-state index in [-0.39, 0.29) is 24.4 Å². The van der Waals surface area contributed by atoms with Crippen molar-refractivity contribution in [2.24, 2.45) is 5.92 Å². The SMILES string of the molecule is COc1ccc(Cl)cc1N1CCC(NC(=O)C2CCCN(S(=O)(=O)c3ccc(C)s3)C2)C1. The van der Waals surface area contributed by atoms with E-state index in [1.54, 1.807) is 19.2 Å². The first-order valence-corrected chi connectivity index (χ1v) is 13.4. The quantitative estimate of drug-likeness (QED) is 0.660. The van der Waals surface area contributed by atoms with Crippen LogP contribution in [0.25, 0.3) is 0 Å². The van der Waals surface area contributed by atoms with Gasteiger partial charge in [-0.15, -0.1) is 11.3 Å². The van der Waals surface area contributed by atoms with Gasteiger partial charge in [-0.25, -0.2) is 8.42 Å². The van der Waals surface area contributed by atoms with E-state index in [1.165, 1.54) is 15.6 Å². The number of amides is 1. The van der Waals surface area contributed by atoms with E-state index in [4.69, 9.17) is 16.3 Å². The van der Waals surface area contributed by atoms with Crippen molar-refractivity contribution >= 4 is 44.6 Å². The van der Waals surface area contributed by atoms with Crippen molar-refractivity contribution in [1.29, 1.82) is 0 Å². The van der Waals surface area contributed by atoms with E-state index in [1.807, 2.05) is 25.1 Å². The summed E-state index contributed by atoms with van der Waals surface area (Å²) >= 11 is 7.44. The fraction of sp³-hybridized carbons (Fsp3) is 0.500. The van der Waals surface area contributed by atoms with Crippen LogP contribution in [-0.4, -0.2) is 58.0 Å². The van der Waals surface area contributed by atoms with Gasteiger partial charge in [0, 0.05) is 42.1 Å². The van der Waals surface area contributed by atoms with Crippen LogP contribution in [0.4, 0.5) is 5.69 Å². The Labute approximate surface area is 198 Å². The molecule has 4 rings (SSSR count). The third-order valence-electron chi connectivity index (χ3n) is 6.08. The second-order valence-corrected chi connectivity index (χ2v) is 12.2. The van der Waals surface area contributed by atoms with Gasteiger partial charge in [0.2, 0.25) is 5.91 Å². The molecule has 32 heavy (non-hydrogen) atoms. The van der Waals surface area contributed by atoms with Gasteiger partial charge in [0.25, 0.3) is 10.0 Å². The number of ether oxygens (including phenoxy) is 1. The van der Waals surface area contributed by atoms with E-state index < -0.39 is 10.0 Å². The average Bonchev–Trinajstić information content (AvgIpc) is 3.43. The van der Waals surface area contributed by atoms with Gasteiger partial charge in [-0.05, 0) is 56.5 Å². The Kier molecular flexibility index (Phi) is 7.00. The van der Waals surface area contributed by atoms with E-state index >= 15 is 0 Å². The summed E-state index contributed by atoms with van der Waals surface area (Å²) in [5.74, 6) is 0.338. The smallest absolute Gasteiger partial charge is 0.252 e. The van der Waals surface area contributed by atoms with E-state index in [2.05, 4.69) is 10.2 Å². The predicted molar refractivity (Wildman–Crippen MR) is 127 cm³/mol. The van der Waals surface area contributed by atoms with Crippen LogP contribution in [0.2, 0.25) is 5.02 Å². The second kappa shape index (κ2) is 9.59. The number of hydrogen-bond donors (Lipinski definition) is 1. The molecule has 0 aliphatic carbocycles. The summed E-state index contributed by atoms with van der Waals surface area (Å²) in [6.45, 7) is 4.01. The number of hydrogen-bond acceptors (Lipinski definition) is 6. The number of carbonyl (C=O) groups is 1. The number of benzene rings is 1.